The van der Waals surface area contributed by atoms with Crippen LogP contribution in [0, 0.1) is 11.6 Å². The van der Waals surface area contributed by atoms with E-state index in [9.17, 15) is 13.6 Å². The summed E-state index contributed by atoms with van der Waals surface area (Å²) < 4.78 is 27.0. The Morgan fingerprint density at radius 1 is 1.39 bits per heavy atom. The lowest BCUT2D eigenvalue weighted by molar-refractivity contribution is -0.119. The Labute approximate surface area is 164 Å². The first kappa shape index (κ1) is 21.0. The molecule has 148 valence electrons. The largest absolute Gasteiger partial charge is 0.403 e. The summed E-state index contributed by atoms with van der Waals surface area (Å²) in [4.78, 5) is 23.3. The first-order valence-corrected chi connectivity index (χ1v) is 8.41. The first-order chi connectivity index (χ1) is 13.4. The zero-order valence-electron chi connectivity index (χ0n) is 14.8. The van der Waals surface area contributed by atoms with E-state index in [4.69, 9.17) is 17.3 Å². The number of amides is 1. The lowest BCUT2D eigenvalue weighted by Gasteiger charge is -2.11. The van der Waals surface area contributed by atoms with Crippen LogP contribution in [0.5, 0.6) is 0 Å². The van der Waals surface area contributed by atoms with Gasteiger partial charge in [-0.3, -0.25) is 9.79 Å². The molecule has 0 atom stereocenters. The van der Waals surface area contributed by atoms with Crippen LogP contribution in [0.4, 0.5) is 20.5 Å². The van der Waals surface area contributed by atoms with Crippen LogP contribution in [-0.2, 0) is 11.3 Å². The molecule has 0 aliphatic heterocycles. The van der Waals surface area contributed by atoms with Crippen molar-refractivity contribution >= 4 is 35.5 Å². The highest BCUT2D eigenvalue weighted by Crippen LogP contribution is 2.21. The molecule has 1 amide bonds. The minimum absolute atomic E-state index is 0.0348. The predicted molar refractivity (Wildman–Crippen MR) is 104 cm³/mol. The predicted octanol–water partition coefficient (Wildman–Crippen LogP) is 2.05. The molecule has 1 aromatic heterocycles. The molecular weight excluding hydrogens is 392 g/mol. The van der Waals surface area contributed by atoms with Gasteiger partial charge in [-0.15, -0.1) is 0 Å². The van der Waals surface area contributed by atoms with Crippen LogP contribution < -0.4 is 21.7 Å². The minimum atomic E-state index is -0.945. The standard InChI is InChI=1S/C17H18ClF2N7O/c1-22-14(28)9-23-7-11(5-21)26-17-25-8-12(18)16(27-17)24-6-10-3-2-4-13(19)15(10)20/h2-5,7-8H,6,9,21H2,1H3,(H,22,28)(H2,24,25,26,27). The van der Waals surface area contributed by atoms with E-state index >= 15 is 0 Å². The average Bonchev–Trinajstić information content (AvgIpc) is 2.70. The van der Waals surface area contributed by atoms with E-state index in [-0.39, 0.29) is 41.3 Å². The molecule has 0 aliphatic carbocycles. The number of carbonyl (C=O) groups excluding carboxylic acids is 1. The third-order valence-electron chi connectivity index (χ3n) is 3.40. The SMILES string of the molecule is CNC(=O)CN=CC(=CN)Nc1ncc(Cl)c(NCc2cccc(F)c2F)n1. The molecule has 8 nitrogen and oxygen atoms in total. The second-order valence-corrected chi connectivity index (χ2v) is 5.75. The number of rotatable bonds is 8. The van der Waals surface area contributed by atoms with Gasteiger partial charge in [-0.25, -0.2) is 13.8 Å². The first-order valence-electron chi connectivity index (χ1n) is 8.03. The number of hydrogen-bond acceptors (Lipinski definition) is 7. The maximum Gasteiger partial charge on any atom is 0.241 e. The van der Waals surface area contributed by atoms with Gasteiger partial charge in [-0.2, -0.15) is 4.98 Å². The van der Waals surface area contributed by atoms with Gasteiger partial charge >= 0.3 is 0 Å². The molecule has 2 rings (SSSR count). The highest BCUT2D eigenvalue weighted by Gasteiger charge is 2.10. The molecule has 0 fully saturated rings. The fourth-order valence-corrected chi connectivity index (χ4v) is 2.13. The number of aromatic nitrogens is 2. The lowest BCUT2D eigenvalue weighted by atomic mass is 10.2. The number of allylic oxidation sites excluding steroid dienone is 1. The number of benzene rings is 1. The molecule has 2 aromatic rings. The molecule has 0 aliphatic rings. The van der Waals surface area contributed by atoms with Gasteiger partial charge in [0.05, 0.1) is 11.9 Å². The summed E-state index contributed by atoms with van der Waals surface area (Å²) in [5.41, 5.74) is 5.97. The quantitative estimate of drug-likeness (QED) is 0.496. The number of aliphatic imine (C=N–C) groups is 1. The Bertz CT molecular complexity index is 905. The molecule has 0 spiro atoms. The van der Waals surface area contributed by atoms with Crippen molar-refractivity contribution in [1.82, 2.24) is 15.3 Å². The Hall–Kier alpha value is -3.27. The topological polar surface area (TPSA) is 117 Å². The van der Waals surface area contributed by atoms with E-state index in [0.29, 0.717) is 5.70 Å². The van der Waals surface area contributed by atoms with Gasteiger partial charge in [0.1, 0.15) is 11.6 Å². The Kier molecular flexibility index (Phi) is 7.64. The van der Waals surface area contributed by atoms with Crippen LogP contribution in [0.25, 0.3) is 0 Å². The molecule has 1 heterocycles. The van der Waals surface area contributed by atoms with Gasteiger partial charge in [0.25, 0.3) is 0 Å². The number of nitrogens with two attached hydrogens (primary N) is 1. The van der Waals surface area contributed by atoms with Gasteiger partial charge in [-0.05, 0) is 6.07 Å². The number of hydrogen-bond donors (Lipinski definition) is 4. The van der Waals surface area contributed by atoms with Gasteiger partial charge in [0.2, 0.25) is 11.9 Å². The second kappa shape index (κ2) is 10.2. The zero-order valence-corrected chi connectivity index (χ0v) is 15.6. The van der Waals surface area contributed by atoms with E-state index in [1.807, 2.05) is 0 Å². The second-order valence-electron chi connectivity index (χ2n) is 5.35. The summed E-state index contributed by atoms with van der Waals surface area (Å²) in [6.45, 7) is -0.101. The lowest BCUT2D eigenvalue weighted by Crippen LogP contribution is -2.20. The Balaban J connectivity index is 2.07. The third-order valence-corrected chi connectivity index (χ3v) is 3.68. The Morgan fingerprint density at radius 2 is 2.18 bits per heavy atom. The molecule has 0 saturated heterocycles. The van der Waals surface area contributed by atoms with Crippen LogP contribution >= 0.6 is 11.6 Å². The summed E-state index contributed by atoms with van der Waals surface area (Å²) in [6.07, 6.45) is 3.90. The van der Waals surface area contributed by atoms with Crippen molar-refractivity contribution in [3.8, 4) is 0 Å². The summed E-state index contributed by atoms with van der Waals surface area (Å²) >= 11 is 6.05. The molecule has 11 heteroatoms. The van der Waals surface area contributed by atoms with E-state index in [1.165, 1.54) is 37.8 Å². The van der Waals surface area contributed by atoms with Crippen molar-refractivity contribution in [3.63, 3.8) is 0 Å². The highest BCUT2D eigenvalue weighted by atomic mass is 35.5. The van der Waals surface area contributed by atoms with Crippen molar-refractivity contribution in [2.45, 2.75) is 6.54 Å². The van der Waals surface area contributed by atoms with Gasteiger partial charge in [-0.1, -0.05) is 23.7 Å². The van der Waals surface area contributed by atoms with Gasteiger partial charge < -0.3 is 21.7 Å². The molecule has 0 saturated carbocycles. The fourth-order valence-electron chi connectivity index (χ4n) is 1.97. The van der Waals surface area contributed by atoms with Crippen LogP contribution in [0.2, 0.25) is 5.02 Å². The van der Waals surface area contributed by atoms with Crippen LogP contribution in [0.3, 0.4) is 0 Å². The smallest absolute Gasteiger partial charge is 0.241 e. The molecule has 0 radical (unpaired) electrons. The van der Waals surface area contributed by atoms with E-state index < -0.39 is 11.6 Å². The molecule has 1 aromatic carbocycles. The van der Waals surface area contributed by atoms with Crippen molar-refractivity contribution < 1.29 is 13.6 Å². The molecule has 28 heavy (non-hydrogen) atoms. The van der Waals surface area contributed by atoms with Gasteiger partial charge in [0.15, 0.2) is 17.5 Å². The van der Waals surface area contributed by atoms with E-state index in [1.54, 1.807) is 0 Å². The van der Waals surface area contributed by atoms with E-state index in [0.717, 1.165) is 6.07 Å². The zero-order chi connectivity index (χ0) is 20.5. The number of nitrogens with zero attached hydrogens (tertiary/aromatic N) is 3. The average molecular weight is 410 g/mol. The Morgan fingerprint density at radius 3 is 2.89 bits per heavy atom. The number of carbonyl (C=O) groups is 1. The maximum absolute atomic E-state index is 13.7. The minimum Gasteiger partial charge on any atom is -0.403 e. The van der Waals surface area contributed by atoms with Crippen LogP contribution in [0.1, 0.15) is 5.56 Å². The molecule has 5 N–H and O–H groups in total. The van der Waals surface area contributed by atoms with Crippen molar-refractivity contribution in [3.05, 3.63) is 58.5 Å². The highest BCUT2D eigenvalue weighted by molar-refractivity contribution is 6.32. The third kappa shape index (κ3) is 5.88. The number of halogens is 3. The maximum atomic E-state index is 13.7. The van der Waals surface area contributed by atoms with Gasteiger partial charge in [0, 0.05) is 31.6 Å². The molecule has 0 unspecified atom stereocenters. The number of nitrogens with one attached hydrogen (secondary N) is 3. The summed E-state index contributed by atoms with van der Waals surface area (Å²) in [7, 11) is 1.50. The number of anilines is 2. The summed E-state index contributed by atoms with van der Waals surface area (Å²) in [5, 5.41) is 8.26. The van der Waals surface area contributed by atoms with Crippen LogP contribution in [-0.4, -0.2) is 35.7 Å². The van der Waals surface area contributed by atoms with Crippen LogP contribution in [0.15, 0.2) is 41.3 Å². The van der Waals surface area contributed by atoms with Crippen molar-refractivity contribution in [1.29, 1.82) is 0 Å². The summed E-state index contributed by atoms with van der Waals surface area (Å²) in [5.74, 6) is -1.80. The monoisotopic (exact) mass is 409 g/mol. The summed E-state index contributed by atoms with van der Waals surface area (Å²) in [6, 6.07) is 3.88. The molecule has 0 bridgehead atoms. The normalized spacial score (nSPS) is 11.5. The van der Waals surface area contributed by atoms with Crippen molar-refractivity contribution in [2.24, 2.45) is 10.7 Å². The number of likely N-dealkylation sites (N-methyl/N-ethyl adjacent to an activating group) is 1. The fraction of sp³-hybridized carbons (Fsp3) is 0.176. The van der Waals surface area contributed by atoms with E-state index in [2.05, 4.69) is 30.9 Å². The van der Waals surface area contributed by atoms with Crippen molar-refractivity contribution in [2.75, 3.05) is 24.2 Å². The molecular formula is C17H18ClF2N7O.